The topological polar surface area (TPSA) is 21.3 Å². The van der Waals surface area contributed by atoms with Crippen LogP contribution in [0.1, 0.15) is 52.9 Å². The average molecular weight is 253 g/mol. The van der Waals surface area contributed by atoms with E-state index in [-0.39, 0.29) is 0 Å². The van der Waals surface area contributed by atoms with Crippen LogP contribution in [0.4, 0.5) is 0 Å². The van der Waals surface area contributed by atoms with Crippen LogP contribution in [0.3, 0.4) is 0 Å². The lowest BCUT2D eigenvalue weighted by Gasteiger charge is -2.33. The Morgan fingerprint density at radius 2 is 2.00 bits per heavy atom. The first-order valence-electron chi connectivity index (χ1n) is 7.94. The predicted molar refractivity (Wildman–Crippen MR) is 76.7 cm³/mol. The summed E-state index contributed by atoms with van der Waals surface area (Å²) >= 11 is 0. The molecular weight excluding hydrogens is 222 g/mol. The molecule has 5 unspecified atom stereocenters. The average Bonchev–Trinajstić information content (AvgIpc) is 2.95. The Balaban J connectivity index is 1.91. The van der Waals surface area contributed by atoms with Gasteiger partial charge in [-0.3, -0.25) is 0 Å². The van der Waals surface area contributed by atoms with Gasteiger partial charge in [0.25, 0.3) is 0 Å². The molecule has 2 fully saturated rings. The highest BCUT2D eigenvalue weighted by atomic mass is 16.5. The van der Waals surface area contributed by atoms with Crippen molar-refractivity contribution in [2.24, 2.45) is 23.7 Å². The summed E-state index contributed by atoms with van der Waals surface area (Å²) in [4.78, 5) is 0. The highest BCUT2D eigenvalue weighted by Crippen LogP contribution is 2.50. The molecular formula is C16H31NO. The number of nitrogens with one attached hydrogen (secondary N) is 1. The van der Waals surface area contributed by atoms with Crippen molar-refractivity contribution in [3.8, 4) is 0 Å². The molecule has 0 saturated heterocycles. The lowest BCUT2D eigenvalue weighted by molar-refractivity contribution is -0.00264. The zero-order chi connectivity index (χ0) is 13.1. The fraction of sp³-hybridized carbons (Fsp3) is 1.00. The molecule has 106 valence electrons. The number of ether oxygens (including phenoxy) is 1. The number of likely N-dealkylation sites (N-methyl/N-ethyl adjacent to an activating group) is 1. The van der Waals surface area contributed by atoms with Gasteiger partial charge < -0.3 is 10.1 Å². The van der Waals surface area contributed by atoms with Crippen LogP contribution in [-0.4, -0.2) is 25.8 Å². The second-order valence-electron chi connectivity index (χ2n) is 6.73. The van der Waals surface area contributed by atoms with Crippen LogP contribution >= 0.6 is 0 Å². The van der Waals surface area contributed by atoms with Gasteiger partial charge in [0.2, 0.25) is 0 Å². The Hall–Kier alpha value is -0.0800. The van der Waals surface area contributed by atoms with Crippen molar-refractivity contribution in [2.75, 3.05) is 13.7 Å². The summed E-state index contributed by atoms with van der Waals surface area (Å²) in [5, 5.41) is 3.53. The van der Waals surface area contributed by atoms with Gasteiger partial charge in [0, 0.05) is 12.6 Å². The molecule has 0 aromatic heterocycles. The Morgan fingerprint density at radius 3 is 2.44 bits per heavy atom. The molecule has 0 radical (unpaired) electrons. The molecule has 2 aliphatic rings. The molecule has 2 saturated carbocycles. The quantitative estimate of drug-likeness (QED) is 0.750. The van der Waals surface area contributed by atoms with Crippen molar-refractivity contribution in [2.45, 2.75) is 65.0 Å². The van der Waals surface area contributed by atoms with Crippen LogP contribution in [0, 0.1) is 23.7 Å². The van der Waals surface area contributed by atoms with E-state index in [4.69, 9.17) is 4.74 Å². The lowest BCUT2D eigenvalue weighted by Crippen LogP contribution is -2.44. The fourth-order valence-electron chi connectivity index (χ4n) is 4.37. The molecule has 2 bridgehead atoms. The van der Waals surface area contributed by atoms with Gasteiger partial charge in [0.05, 0.1) is 6.10 Å². The number of rotatable bonds is 7. The standard InChI is InChI=1S/C16H31NO/c1-5-18-16(11(2)3)15(17-4)10-14-9-12-6-7-13(14)8-12/h11-17H,5-10H2,1-4H3. The van der Waals surface area contributed by atoms with Gasteiger partial charge in [-0.25, -0.2) is 0 Å². The summed E-state index contributed by atoms with van der Waals surface area (Å²) in [7, 11) is 2.10. The van der Waals surface area contributed by atoms with E-state index in [0.29, 0.717) is 18.1 Å². The summed E-state index contributed by atoms with van der Waals surface area (Å²) in [6, 6.07) is 0.536. The maximum absolute atomic E-state index is 5.98. The summed E-state index contributed by atoms with van der Waals surface area (Å²) < 4.78 is 5.98. The van der Waals surface area contributed by atoms with Crippen molar-refractivity contribution in [3.63, 3.8) is 0 Å². The number of hydrogen-bond acceptors (Lipinski definition) is 2. The van der Waals surface area contributed by atoms with E-state index in [9.17, 15) is 0 Å². The highest BCUT2D eigenvalue weighted by molar-refractivity contribution is 4.93. The summed E-state index contributed by atoms with van der Waals surface area (Å²) in [6.45, 7) is 7.51. The minimum Gasteiger partial charge on any atom is -0.377 e. The van der Waals surface area contributed by atoms with Gasteiger partial charge in [-0.15, -0.1) is 0 Å². The summed E-state index contributed by atoms with van der Waals surface area (Å²) in [5.41, 5.74) is 0. The maximum atomic E-state index is 5.98. The van der Waals surface area contributed by atoms with Crippen LogP contribution < -0.4 is 5.32 Å². The molecule has 0 amide bonds. The first kappa shape index (κ1) is 14.3. The normalized spacial score (nSPS) is 34.2. The molecule has 0 aromatic carbocycles. The lowest BCUT2D eigenvalue weighted by atomic mass is 9.81. The van der Waals surface area contributed by atoms with Gasteiger partial charge in [0.1, 0.15) is 0 Å². The van der Waals surface area contributed by atoms with Crippen LogP contribution in [0.15, 0.2) is 0 Å². The SMILES string of the molecule is CCOC(C(C)C)C(CC1CC2CCC1C2)NC. The van der Waals surface area contributed by atoms with E-state index in [0.717, 1.165) is 24.4 Å². The van der Waals surface area contributed by atoms with Crippen LogP contribution in [-0.2, 0) is 4.74 Å². The van der Waals surface area contributed by atoms with Crippen LogP contribution in [0.25, 0.3) is 0 Å². The third-order valence-corrected chi connectivity index (χ3v) is 5.22. The molecule has 0 aliphatic heterocycles. The molecule has 0 spiro atoms. The van der Waals surface area contributed by atoms with E-state index in [1.807, 2.05) is 0 Å². The van der Waals surface area contributed by atoms with E-state index in [1.165, 1.54) is 32.1 Å². The largest absolute Gasteiger partial charge is 0.377 e. The van der Waals surface area contributed by atoms with E-state index in [2.05, 4.69) is 33.1 Å². The Kier molecular flexibility index (Phi) is 5.08. The van der Waals surface area contributed by atoms with E-state index in [1.54, 1.807) is 0 Å². The zero-order valence-electron chi connectivity index (χ0n) is 12.6. The van der Waals surface area contributed by atoms with E-state index >= 15 is 0 Å². The molecule has 18 heavy (non-hydrogen) atoms. The Labute approximate surface area is 113 Å². The molecule has 2 rings (SSSR count). The second-order valence-corrected chi connectivity index (χ2v) is 6.73. The smallest absolute Gasteiger partial charge is 0.0750 e. The second kappa shape index (κ2) is 6.38. The van der Waals surface area contributed by atoms with Gasteiger partial charge in [-0.1, -0.05) is 20.3 Å². The third kappa shape index (κ3) is 3.08. The Bertz CT molecular complexity index is 253. The molecule has 1 N–H and O–H groups in total. The maximum Gasteiger partial charge on any atom is 0.0750 e. The fourth-order valence-corrected chi connectivity index (χ4v) is 4.37. The van der Waals surface area contributed by atoms with Crippen LogP contribution in [0.5, 0.6) is 0 Å². The van der Waals surface area contributed by atoms with Gasteiger partial charge >= 0.3 is 0 Å². The summed E-state index contributed by atoms with van der Waals surface area (Å²) in [6.07, 6.45) is 7.69. The molecule has 2 nitrogen and oxygen atoms in total. The predicted octanol–water partition coefficient (Wildman–Crippen LogP) is 3.46. The van der Waals surface area contributed by atoms with Crippen molar-refractivity contribution in [1.29, 1.82) is 0 Å². The molecule has 2 aliphatic carbocycles. The monoisotopic (exact) mass is 253 g/mol. The number of fused-ring (bicyclic) bond motifs is 2. The first-order chi connectivity index (χ1) is 8.65. The molecule has 0 aromatic rings. The zero-order valence-corrected chi connectivity index (χ0v) is 12.6. The van der Waals surface area contributed by atoms with E-state index < -0.39 is 0 Å². The minimum atomic E-state index is 0.374. The molecule has 5 atom stereocenters. The van der Waals surface area contributed by atoms with Gasteiger partial charge in [-0.2, -0.15) is 0 Å². The molecule has 0 heterocycles. The van der Waals surface area contributed by atoms with Crippen molar-refractivity contribution in [3.05, 3.63) is 0 Å². The highest BCUT2D eigenvalue weighted by Gasteiger charge is 2.41. The van der Waals surface area contributed by atoms with Crippen molar-refractivity contribution in [1.82, 2.24) is 5.32 Å². The van der Waals surface area contributed by atoms with Crippen molar-refractivity contribution >= 4 is 0 Å². The minimum absolute atomic E-state index is 0.374. The first-order valence-corrected chi connectivity index (χ1v) is 7.94. The third-order valence-electron chi connectivity index (χ3n) is 5.22. The van der Waals surface area contributed by atoms with Crippen molar-refractivity contribution < 1.29 is 4.74 Å². The summed E-state index contributed by atoms with van der Waals surface area (Å²) in [5.74, 6) is 3.64. The Morgan fingerprint density at radius 1 is 1.22 bits per heavy atom. The molecule has 2 heteroatoms. The van der Waals surface area contributed by atoms with Gasteiger partial charge in [0.15, 0.2) is 0 Å². The van der Waals surface area contributed by atoms with Crippen LogP contribution in [0.2, 0.25) is 0 Å². The van der Waals surface area contributed by atoms with Gasteiger partial charge in [-0.05, 0) is 63.3 Å². The number of hydrogen-bond donors (Lipinski definition) is 1.